The van der Waals surface area contributed by atoms with Crippen LogP contribution in [0.25, 0.3) is 0 Å². The third-order valence-electron chi connectivity index (χ3n) is 6.59. The number of hydrogen-bond donors (Lipinski definition) is 3. The Labute approximate surface area is 229 Å². The van der Waals surface area contributed by atoms with Crippen LogP contribution >= 0.6 is 0 Å². The van der Waals surface area contributed by atoms with Crippen LogP contribution in [-0.2, 0) is 25.5 Å². The summed E-state index contributed by atoms with van der Waals surface area (Å²) >= 11 is 0. The van der Waals surface area contributed by atoms with Gasteiger partial charge in [-0.3, -0.25) is 24.2 Å². The molecule has 1 aromatic heterocycles. The van der Waals surface area contributed by atoms with Crippen molar-refractivity contribution in [3.8, 4) is 6.01 Å². The molecule has 212 valence electrons. The molecule has 1 aromatic carbocycles. The molecule has 1 aliphatic heterocycles. The number of hydrogen-bond acceptors (Lipinski definition) is 10. The van der Waals surface area contributed by atoms with Gasteiger partial charge in [0.15, 0.2) is 11.6 Å². The number of carbonyl (C=O) groups is 3. The molecule has 0 radical (unpaired) electrons. The van der Waals surface area contributed by atoms with Gasteiger partial charge in [-0.1, -0.05) is 25.5 Å². The number of aromatic nitrogens is 2. The van der Waals surface area contributed by atoms with Gasteiger partial charge in [0.05, 0.1) is 26.7 Å². The van der Waals surface area contributed by atoms with Crippen LogP contribution in [-0.4, -0.2) is 80.1 Å². The van der Waals surface area contributed by atoms with Gasteiger partial charge in [0, 0.05) is 19.3 Å². The predicted octanol–water partition coefficient (Wildman–Crippen LogP) is 2.31. The van der Waals surface area contributed by atoms with E-state index in [4.69, 9.17) is 15.2 Å². The van der Waals surface area contributed by atoms with Gasteiger partial charge in [0.2, 0.25) is 12.3 Å². The number of ether oxygens (including phenoxy) is 2. The van der Waals surface area contributed by atoms with Crippen molar-refractivity contribution in [1.82, 2.24) is 14.9 Å². The van der Waals surface area contributed by atoms with E-state index < -0.39 is 0 Å². The van der Waals surface area contributed by atoms with Crippen molar-refractivity contribution < 1.29 is 23.9 Å². The van der Waals surface area contributed by atoms with E-state index >= 15 is 0 Å². The molecule has 2 heterocycles. The smallest absolute Gasteiger partial charge is 0.320 e. The maximum Gasteiger partial charge on any atom is 0.320 e. The molecule has 12 heteroatoms. The van der Waals surface area contributed by atoms with E-state index in [9.17, 15) is 14.4 Å². The lowest BCUT2D eigenvalue weighted by atomic mass is 9.96. The fourth-order valence-electron chi connectivity index (χ4n) is 4.45. The molecule has 0 atom stereocenters. The number of unbranched alkanes of at least 4 members (excludes halogenated alkanes) is 1. The Bertz CT molecular complexity index is 1120. The second kappa shape index (κ2) is 14.9. The standard InChI is InChI=1S/C27H39N7O5/c1-4-5-13-39-27-31-25(28)24(29-2)26(32-27)34(18-35)16-19-9-11-33(12-10-19)17-22(36)30-21-8-6-7-20(14-21)15-23(37)38-3/h6-8,14,18-19,29H,4-5,9-13,15-17H2,1-3H3,(H,30,36)(H2,28,31,32). The van der Waals surface area contributed by atoms with Gasteiger partial charge in [0.1, 0.15) is 5.69 Å². The van der Waals surface area contributed by atoms with Gasteiger partial charge < -0.3 is 25.8 Å². The molecule has 1 saturated heterocycles. The first kappa shape index (κ1) is 29.6. The SMILES string of the molecule is CCCCOc1nc(N)c(NC)c(N(C=O)CC2CCN(CC(=O)Nc3cccc(CC(=O)OC)c3)CC2)n1. The number of amides is 2. The molecule has 12 nitrogen and oxygen atoms in total. The highest BCUT2D eigenvalue weighted by Gasteiger charge is 2.25. The molecule has 4 N–H and O–H groups in total. The number of carbonyl (C=O) groups excluding carboxylic acids is 3. The lowest BCUT2D eigenvalue weighted by Crippen LogP contribution is -2.42. The highest BCUT2D eigenvalue weighted by atomic mass is 16.5. The summed E-state index contributed by atoms with van der Waals surface area (Å²) in [7, 11) is 3.05. The van der Waals surface area contributed by atoms with E-state index in [-0.39, 0.29) is 42.6 Å². The molecular formula is C27H39N7O5. The first-order valence-corrected chi connectivity index (χ1v) is 13.2. The number of esters is 1. The number of methoxy groups -OCH3 is 1. The number of nitrogens with two attached hydrogens (primary N) is 1. The summed E-state index contributed by atoms with van der Waals surface area (Å²) in [5.74, 6) is 0.389. The zero-order valence-corrected chi connectivity index (χ0v) is 22.9. The van der Waals surface area contributed by atoms with Gasteiger partial charge in [-0.25, -0.2) is 0 Å². The lowest BCUT2D eigenvalue weighted by Gasteiger charge is -2.33. The Morgan fingerprint density at radius 1 is 1.26 bits per heavy atom. The van der Waals surface area contributed by atoms with Crippen LogP contribution in [0.2, 0.25) is 0 Å². The fraction of sp³-hybridized carbons (Fsp3) is 0.519. The van der Waals surface area contributed by atoms with Crippen molar-refractivity contribution >= 4 is 41.3 Å². The zero-order chi connectivity index (χ0) is 28.2. The Morgan fingerprint density at radius 2 is 2.03 bits per heavy atom. The molecule has 2 amide bonds. The summed E-state index contributed by atoms with van der Waals surface area (Å²) in [5.41, 5.74) is 8.01. The first-order valence-electron chi connectivity index (χ1n) is 13.2. The van der Waals surface area contributed by atoms with Crippen LogP contribution in [0, 0.1) is 5.92 Å². The molecule has 3 rings (SSSR count). The van der Waals surface area contributed by atoms with E-state index in [0.717, 1.165) is 50.7 Å². The molecule has 0 unspecified atom stereocenters. The summed E-state index contributed by atoms with van der Waals surface area (Å²) in [5, 5.41) is 5.90. The van der Waals surface area contributed by atoms with Crippen molar-refractivity contribution in [1.29, 1.82) is 0 Å². The lowest BCUT2D eigenvalue weighted by molar-refractivity contribution is -0.139. The van der Waals surface area contributed by atoms with Crippen LogP contribution in [0.15, 0.2) is 24.3 Å². The Hall–Kier alpha value is -3.93. The first-order chi connectivity index (χ1) is 18.9. The van der Waals surface area contributed by atoms with E-state index in [1.54, 1.807) is 30.1 Å². The maximum atomic E-state index is 12.6. The molecule has 1 aliphatic rings. The number of benzene rings is 1. The Morgan fingerprint density at radius 3 is 2.69 bits per heavy atom. The van der Waals surface area contributed by atoms with Crippen LogP contribution in [0.1, 0.15) is 38.2 Å². The number of anilines is 4. The number of nitrogens with one attached hydrogen (secondary N) is 2. The average Bonchev–Trinajstić information content (AvgIpc) is 2.92. The molecule has 0 spiro atoms. The molecular weight excluding hydrogens is 502 g/mol. The summed E-state index contributed by atoms with van der Waals surface area (Å²) in [6, 6.07) is 7.32. The topological polar surface area (TPSA) is 152 Å². The molecule has 2 aromatic rings. The minimum absolute atomic E-state index is 0.121. The molecule has 0 saturated carbocycles. The van der Waals surface area contributed by atoms with Crippen molar-refractivity contribution in [2.24, 2.45) is 5.92 Å². The molecule has 0 bridgehead atoms. The minimum Gasteiger partial charge on any atom is -0.469 e. The summed E-state index contributed by atoms with van der Waals surface area (Å²) in [6.07, 6.45) is 4.38. The van der Waals surface area contributed by atoms with Crippen LogP contribution in [0.3, 0.4) is 0 Å². The van der Waals surface area contributed by atoms with Crippen LogP contribution in [0.4, 0.5) is 23.0 Å². The molecule has 0 aliphatic carbocycles. The van der Waals surface area contributed by atoms with Crippen LogP contribution in [0.5, 0.6) is 6.01 Å². The zero-order valence-electron chi connectivity index (χ0n) is 22.9. The van der Waals surface area contributed by atoms with E-state index in [1.807, 2.05) is 6.07 Å². The summed E-state index contributed by atoms with van der Waals surface area (Å²) in [6.45, 7) is 4.72. The highest BCUT2D eigenvalue weighted by molar-refractivity contribution is 5.92. The van der Waals surface area contributed by atoms with Gasteiger partial charge >= 0.3 is 12.0 Å². The third-order valence-corrected chi connectivity index (χ3v) is 6.59. The fourth-order valence-corrected chi connectivity index (χ4v) is 4.45. The van der Waals surface area contributed by atoms with E-state index in [2.05, 4.69) is 32.4 Å². The molecule has 39 heavy (non-hydrogen) atoms. The van der Waals surface area contributed by atoms with Crippen molar-refractivity contribution in [3.63, 3.8) is 0 Å². The maximum absolute atomic E-state index is 12.6. The predicted molar refractivity (Wildman–Crippen MR) is 150 cm³/mol. The average molecular weight is 542 g/mol. The third kappa shape index (κ3) is 8.81. The highest BCUT2D eigenvalue weighted by Crippen LogP contribution is 2.31. The Kier molecular flexibility index (Phi) is 11.3. The van der Waals surface area contributed by atoms with E-state index in [0.29, 0.717) is 30.3 Å². The second-order valence-electron chi connectivity index (χ2n) is 9.52. The number of rotatable bonds is 14. The number of piperidine rings is 1. The number of nitrogens with zero attached hydrogens (tertiary/aromatic N) is 4. The van der Waals surface area contributed by atoms with Gasteiger partial charge in [-0.2, -0.15) is 9.97 Å². The summed E-state index contributed by atoms with van der Waals surface area (Å²) in [4.78, 5) is 48.6. The molecule has 1 fully saturated rings. The largest absolute Gasteiger partial charge is 0.469 e. The van der Waals surface area contributed by atoms with Gasteiger partial charge in [0.25, 0.3) is 0 Å². The second-order valence-corrected chi connectivity index (χ2v) is 9.52. The van der Waals surface area contributed by atoms with Crippen LogP contribution < -0.4 is 26.0 Å². The number of nitrogen functional groups attached to an aromatic ring is 1. The monoisotopic (exact) mass is 541 g/mol. The normalized spacial score (nSPS) is 13.9. The Balaban J connectivity index is 1.54. The number of likely N-dealkylation sites (tertiary alicyclic amines) is 1. The van der Waals surface area contributed by atoms with Gasteiger partial charge in [-0.05, 0) is 56.0 Å². The van der Waals surface area contributed by atoms with Crippen molar-refractivity contribution in [3.05, 3.63) is 29.8 Å². The summed E-state index contributed by atoms with van der Waals surface area (Å²) < 4.78 is 10.3. The van der Waals surface area contributed by atoms with E-state index in [1.165, 1.54) is 7.11 Å². The quantitative estimate of drug-likeness (QED) is 0.185. The van der Waals surface area contributed by atoms with Crippen molar-refractivity contribution in [2.45, 2.75) is 39.0 Å². The minimum atomic E-state index is -0.333. The van der Waals surface area contributed by atoms with Gasteiger partial charge in [-0.15, -0.1) is 0 Å². The van der Waals surface area contributed by atoms with Crippen molar-refractivity contribution in [2.75, 3.05) is 68.2 Å².